The Kier molecular flexibility index (Phi) is 4.98. The molecule has 2 aromatic rings. The lowest BCUT2D eigenvalue weighted by Crippen LogP contribution is -2.05. The number of aromatic nitrogens is 1. The number of ether oxygens (including phenoxy) is 2. The Morgan fingerprint density at radius 1 is 1.20 bits per heavy atom. The number of nitrogens with zero attached hydrogens (tertiary/aromatic N) is 1. The number of aliphatic hydroxyl groups excluding tert-OH is 1. The molecule has 0 bridgehead atoms. The molecule has 0 aliphatic rings. The van der Waals surface area contributed by atoms with E-state index in [1.807, 2.05) is 12.1 Å². The van der Waals surface area contributed by atoms with Crippen LogP contribution in [0.2, 0.25) is 0 Å². The summed E-state index contributed by atoms with van der Waals surface area (Å²) in [5.41, 5.74) is 1.54. The monoisotopic (exact) mass is 337 g/mol. The molecule has 1 heterocycles. The molecule has 106 valence electrons. The molecule has 1 N–H and O–H groups in total. The number of methoxy groups -OCH3 is 2. The first-order chi connectivity index (χ1) is 9.63. The van der Waals surface area contributed by atoms with Gasteiger partial charge in [0.2, 0.25) is 0 Å². The Morgan fingerprint density at radius 3 is 2.60 bits per heavy atom. The van der Waals surface area contributed by atoms with Crippen LogP contribution in [-0.2, 0) is 6.42 Å². The summed E-state index contributed by atoms with van der Waals surface area (Å²) in [5, 5.41) is 10.3. The van der Waals surface area contributed by atoms with Gasteiger partial charge in [0.1, 0.15) is 11.5 Å². The second-order valence-corrected chi connectivity index (χ2v) is 5.21. The van der Waals surface area contributed by atoms with Gasteiger partial charge in [-0.25, -0.2) is 0 Å². The third-order valence-electron chi connectivity index (χ3n) is 2.99. The van der Waals surface area contributed by atoms with Gasteiger partial charge in [-0.1, -0.05) is 0 Å². The third kappa shape index (κ3) is 3.49. The van der Waals surface area contributed by atoms with Gasteiger partial charge in [0.05, 0.1) is 20.3 Å². The van der Waals surface area contributed by atoms with E-state index in [4.69, 9.17) is 9.47 Å². The van der Waals surface area contributed by atoms with Crippen molar-refractivity contribution in [2.45, 2.75) is 12.5 Å². The van der Waals surface area contributed by atoms with Crippen molar-refractivity contribution in [1.29, 1.82) is 0 Å². The van der Waals surface area contributed by atoms with E-state index in [0.717, 1.165) is 15.7 Å². The molecule has 2 rings (SSSR count). The van der Waals surface area contributed by atoms with Crippen molar-refractivity contribution in [2.75, 3.05) is 14.2 Å². The van der Waals surface area contributed by atoms with E-state index < -0.39 is 6.10 Å². The Labute approximate surface area is 126 Å². The van der Waals surface area contributed by atoms with Crippen LogP contribution >= 0.6 is 15.9 Å². The van der Waals surface area contributed by atoms with Gasteiger partial charge in [-0.3, -0.25) is 4.98 Å². The molecule has 4 nitrogen and oxygen atoms in total. The highest BCUT2D eigenvalue weighted by Crippen LogP contribution is 2.31. The molecule has 0 amide bonds. The van der Waals surface area contributed by atoms with Crippen LogP contribution in [0.4, 0.5) is 0 Å². The molecule has 20 heavy (non-hydrogen) atoms. The molecule has 0 radical (unpaired) electrons. The fourth-order valence-corrected chi connectivity index (χ4v) is 2.16. The molecular weight excluding hydrogens is 322 g/mol. The van der Waals surface area contributed by atoms with E-state index in [1.54, 1.807) is 38.6 Å². The summed E-state index contributed by atoms with van der Waals surface area (Å²) in [5.74, 6) is 1.30. The number of rotatable bonds is 5. The zero-order valence-corrected chi connectivity index (χ0v) is 12.9. The molecule has 0 fully saturated rings. The summed E-state index contributed by atoms with van der Waals surface area (Å²) in [6.07, 6.45) is 1.47. The summed E-state index contributed by atoms with van der Waals surface area (Å²) in [4.78, 5) is 4.26. The fourth-order valence-electron chi connectivity index (χ4n) is 1.93. The number of halogens is 1. The van der Waals surface area contributed by atoms with Crippen LogP contribution in [0.3, 0.4) is 0 Å². The molecule has 0 saturated heterocycles. The lowest BCUT2D eigenvalue weighted by molar-refractivity contribution is 0.172. The van der Waals surface area contributed by atoms with E-state index in [1.165, 1.54) is 0 Å². The first-order valence-corrected chi connectivity index (χ1v) is 6.93. The van der Waals surface area contributed by atoms with Crippen LogP contribution in [0.5, 0.6) is 11.5 Å². The van der Waals surface area contributed by atoms with Crippen LogP contribution in [0, 0.1) is 0 Å². The predicted octanol–water partition coefficient (Wildman–Crippen LogP) is 3.14. The molecule has 0 spiro atoms. The average molecular weight is 338 g/mol. The minimum atomic E-state index is -0.676. The summed E-state index contributed by atoms with van der Waals surface area (Å²) >= 11 is 3.34. The standard InChI is InChI=1S/C15H16BrNO3/c1-19-12-5-6-13(15(8-12)20-2)14(18)7-11-4-3-10(16)9-17-11/h3-6,8-9,14,18H,7H2,1-2H3. The number of pyridine rings is 1. The molecule has 0 aliphatic carbocycles. The van der Waals surface area contributed by atoms with Gasteiger partial charge in [-0.05, 0) is 40.2 Å². The quantitative estimate of drug-likeness (QED) is 0.910. The first kappa shape index (κ1) is 14.8. The zero-order valence-electron chi connectivity index (χ0n) is 11.3. The Hall–Kier alpha value is -1.59. The van der Waals surface area contributed by atoms with E-state index in [0.29, 0.717) is 17.9 Å². The van der Waals surface area contributed by atoms with Gasteiger partial charge in [0, 0.05) is 34.4 Å². The number of aliphatic hydroxyl groups is 1. The minimum absolute atomic E-state index is 0.427. The first-order valence-electron chi connectivity index (χ1n) is 6.14. The number of hydrogen-bond acceptors (Lipinski definition) is 4. The summed E-state index contributed by atoms with van der Waals surface area (Å²) < 4.78 is 11.4. The smallest absolute Gasteiger partial charge is 0.128 e. The van der Waals surface area contributed by atoms with Crippen LogP contribution in [0.15, 0.2) is 41.0 Å². The van der Waals surface area contributed by atoms with Gasteiger partial charge >= 0.3 is 0 Å². The normalized spacial score (nSPS) is 12.0. The lowest BCUT2D eigenvalue weighted by atomic mass is 10.0. The van der Waals surface area contributed by atoms with E-state index in [9.17, 15) is 5.11 Å². The van der Waals surface area contributed by atoms with Gasteiger partial charge in [0.25, 0.3) is 0 Å². The maximum absolute atomic E-state index is 10.3. The van der Waals surface area contributed by atoms with Gasteiger partial charge in [-0.2, -0.15) is 0 Å². The fraction of sp³-hybridized carbons (Fsp3) is 0.267. The largest absolute Gasteiger partial charge is 0.497 e. The highest BCUT2D eigenvalue weighted by Gasteiger charge is 2.15. The average Bonchev–Trinajstić information content (AvgIpc) is 2.48. The van der Waals surface area contributed by atoms with Crippen LogP contribution < -0.4 is 9.47 Å². The second-order valence-electron chi connectivity index (χ2n) is 4.30. The van der Waals surface area contributed by atoms with Gasteiger partial charge < -0.3 is 14.6 Å². The van der Waals surface area contributed by atoms with E-state index in [-0.39, 0.29) is 0 Å². The number of benzene rings is 1. The molecule has 1 aromatic heterocycles. The van der Waals surface area contributed by atoms with Crippen LogP contribution in [-0.4, -0.2) is 24.3 Å². The van der Waals surface area contributed by atoms with E-state index >= 15 is 0 Å². The topological polar surface area (TPSA) is 51.6 Å². The van der Waals surface area contributed by atoms with Crippen molar-refractivity contribution in [3.63, 3.8) is 0 Å². The SMILES string of the molecule is COc1ccc(C(O)Cc2ccc(Br)cn2)c(OC)c1. The summed E-state index contributed by atoms with van der Waals surface area (Å²) in [6, 6.07) is 9.15. The highest BCUT2D eigenvalue weighted by molar-refractivity contribution is 9.10. The molecular formula is C15H16BrNO3. The second kappa shape index (κ2) is 6.72. The van der Waals surface area contributed by atoms with Crippen LogP contribution in [0.25, 0.3) is 0 Å². The van der Waals surface area contributed by atoms with Gasteiger partial charge in [-0.15, -0.1) is 0 Å². The Morgan fingerprint density at radius 2 is 2.00 bits per heavy atom. The zero-order chi connectivity index (χ0) is 14.5. The van der Waals surface area contributed by atoms with Crippen molar-refractivity contribution in [3.05, 3.63) is 52.3 Å². The molecule has 5 heteroatoms. The summed E-state index contributed by atoms with van der Waals surface area (Å²) in [7, 11) is 3.17. The molecule has 1 aromatic carbocycles. The van der Waals surface area contributed by atoms with Crippen molar-refractivity contribution in [2.24, 2.45) is 0 Å². The van der Waals surface area contributed by atoms with Crippen LogP contribution in [0.1, 0.15) is 17.4 Å². The molecule has 0 aliphatic heterocycles. The Balaban J connectivity index is 2.20. The van der Waals surface area contributed by atoms with E-state index in [2.05, 4.69) is 20.9 Å². The molecule has 1 atom stereocenters. The highest BCUT2D eigenvalue weighted by atomic mass is 79.9. The van der Waals surface area contributed by atoms with Crippen molar-refractivity contribution in [3.8, 4) is 11.5 Å². The van der Waals surface area contributed by atoms with Gasteiger partial charge in [0.15, 0.2) is 0 Å². The maximum atomic E-state index is 10.3. The Bertz CT molecular complexity index is 572. The predicted molar refractivity (Wildman–Crippen MR) is 80.1 cm³/mol. The summed E-state index contributed by atoms with van der Waals surface area (Å²) in [6.45, 7) is 0. The third-order valence-corrected chi connectivity index (χ3v) is 3.46. The van der Waals surface area contributed by atoms with Crippen molar-refractivity contribution >= 4 is 15.9 Å². The lowest BCUT2D eigenvalue weighted by Gasteiger charge is -2.15. The molecule has 0 saturated carbocycles. The number of hydrogen-bond donors (Lipinski definition) is 1. The minimum Gasteiger partial charge on any atom is -0.497 e. The maximum Gasteiger partial charge on any atom is 0.128 e. The van der Waals surface area contributed by atoms with Crippen molar-refractivity contribution in [1.82, 2.24) is 4.98 Å². The van der Waals surface area contributed by atoms with Crippen molar-refractivity contribution < 1.29 is 14.6 Å². The molecule has 1 unspecified atom stereocenters.